The maximum atomic E-state index is 12.9. The molecule has 2 aromatic carbocycles. The Bertz CT molecular complexity index is 701. The standard InChI is InChI=1S/C18H17F3O2/c1-3-13-10-12(11-22)4-9-16(13)14-5-7-15(8-6-14)17(2,23)18(19,20)21/h4-11,23H,3H2,1-2H3. The van der Waals surface area contributed by atoms with Gasteiger partial charge in [0, 0.05) is 5.56 Å². The Morgan fingerprint density at radius 1 is 1.09 bits per heavy atom. The topological polar surface area (TPSA) is 37.3 Å². The SMILES string of the molecule is CCc1cc(C=O)ccc1-c1ccc(C(C)(O)C(F)(F)F)cc1. The minimum Gasteiger partial charge on any atom is -0.376 e. The smallest absolute Gasteiger partial charge is 0.376 e. The lowest BCUT2D eigenvalue weighted by Crippen LogP contribution is -2.39. The summed E-state index contributed by atoms with van der Waals surface area (Å²) in [6, 6.07) is 10.9. The Morgan fingerprint density at radius 2 is 1.70 bits per heavy atom. The van der Waals surface area contributed by atoms with Crippen molar-refractivity contribution in [2.75, 3.05) is 0 Å². The number of benzene rings is 2. The fourth-order valence-electron chi connectivity index (χ4n) is 2.40. The number of aldehydes is 1. The molecule has 122 valence electrons. The van der Waals surface area contributed by atoms with E-state index in [1.807, 2.05) is 6.92 Å². The summed E-state index contributed by atoms with van der Waals surface area (Å²) in [5.74, 6) is 0. The van der Waals surface area contributed by atoms with Crippen LogP contribution in [0.25, 0.3) is 11.1 Å². The van der Waals surface area contributed by atoms with Crippen molar-refractivity contribution in [3.05, 3.63) is 59.2 Å². The summed E-state index contributed by atoms with van der Waals surface area (Å²) >= 11 is 0. The molecule has 0 amide bonds. The molecule has 0 aliphatic heterocycles. The molecule has 5 heteroatoms. The molecule has 0 aliphatic rings. The first kappa shape index (κ1) is 17.2. The second-order valence-corrected chi connectivity index (χ2v) is 5.54. The zero-order chi connectivity index (χ0) is 17.3. The van der Waals surface area contributed by atoms with Crippen LogP contribution in [0.15, 0.2) is 42.5 Å². The monoisotopic (exact) mass is 322 g/mol. The van der Waals surface area contributed by atoms with E-state index in [0.717, 1.165) is 29.9 Å². The molecule has 1 atom stereocenters. The first-order valence-corrected chi connectivity index (χ1v) is 7.18. The van der Waals surface area contributed by atoms with E-state index >= 15 is 0 Å². The van der Waals surface area contributed by atoms with Gasteiger partial charge in [0.2, 0.25) is 0 Å². The first-order chi connectivity index (χ1) is 10.7. The highest BCUT2D eigenvalue weighted by Gasteiger charge is 2.51. The van der Waals surface area contributed by atoms with E-state index in [0.29, 0.717) is 12.0 Å². The van der Waals surface area contributed by atoms with Gasteiger partial charge in [-0.1, -0.05) is 43.3 Å². The quantitative estimate of drug-likeness (QED) is 0.842. The summed E-state index contributed by atoms with van der Waals surface area (Å²) in [5, 5.41) is 9.69. The summed E-state index contributed by atoms with van der Waals surface area (Å²) < 4.78 is 38.6. The lowest BCUT2D eigenvalue weighted by atomic mass is 9.91. The molecule has 2 aromatic rings. The molecule has 1 unspecified atom stereocenters. The van der Waals surface area contributed by atoms with Crippen molar-refractivity contribution in [3.63, 3.8) is 0 Å². The van der Waals surface area contributed by atoms with E-state index in [4.69, 9.17) is 0 Å². The van der Waals surface area contributed by atoms with Gasteiger partial charge in [-0.3, -0.25) is 4.79 Å². The number of hydrogen-bond acceptors (Lipinski definition) is 2. The van der Waals surface area contributed by atoms with Gasteiger partial charge in [0.1, 0.15) is 6.29 Å². The number of alkyl halides is 3. The zero-order valence-electron chi connectivity index (χ0n) is 12.8. The Kier molecular flexibility index (Phi) is 4.61. The highest BCUT2D eigenvalue weighted by molar-refractivity contribution is 5.78. The normalized spacial score (nSPS) is 14.3. The molecule has 0 saturated heterocycles. The first-order valence-electron chi connectivity index (χ1n) is 7.18. The van der Waals surface area contributed by atoms with E-state index in [9.17, 15) is 23.1 Å². The number of carbonyl (C=O) groups excluding carboxylic acids is 1. The van der Waals surface area contributed by atoms with Crippen LogP contribution in [0.1, 0.15) is 35.3 Å². The van der Waals surface area contributed by atoms with Gasteiger partial charge >= 0.3 is 6.18 Å². The Balaban J connectivity index is 2.43. The number of halogens is 3. The van der Waals surface area contributed by atoms with Gasteiger partial charge in [-0.2, -0.15) is 13.2 Å². The van der Waals surface area contributed by atoms with Gasteiger partial charge in [0.25, 0.3) is 0 Å². The Morgan fingerprint density at radius 3 is 2.17 bits per heavy atom. The third-order valence-electron chi connectivity index (χ3n) is 3.96. The number of carbonyl (C=O) groups is 1. The largest absolute Gasteiger partial charge is 0.421 e. The third kappa shape index (κ3) is 3.29. The minimum absolute atomic E-state index is 0.212. The van der Waals surface area contributed by atoms with Crippen molar-refractivity contribution in [1.82, 2.24) is 0 Å². The lowest BCUT2D eigenvalue weighted by molar-refractivity contribution is -0.258. The fourth-order valence-corrected chi connectivity index (χ4v) is 2.40. The van der Waals surface area contributed by atoms with Crippen LogP contribution in [0, 0.1) is 0 Å². The molecule has 0 saturated carbocycles. The average Bonchev–Trinajstić information content (AvgIpc) is 2.53. The molecule has 0 heterocycles. The van der Waals surface area contributed by atoms with Crippen LogP contribution in [-0.4, -0.2) is 17.6 Å². The van der Waals surface area contributed by atoms with Crippen molar-refractivity contribution in [2.24, 2.45) is 0 Å². The van der Waals surface area contributed by atoms with Crippen LogP contribution in [0.2, 0.25) is 0 Å². The molecule has 0 aliphatic carbocycles. The molecule has 1 N–H and O–H groups in total. The highest BCUT2D eigenvalue weighted by atomic mass is 19.4. The van der Waals surface area contributed by atoms with Crippen molar-refractivity contribution in [1.29, 1.82) is 0 Å². The van der Waals surface area contributed by atoms with E-state index in [2.05, 4.69) is 0 Å². The van der Waals surface area contributed by atoms with E-state index in [1.165, 1.54) is 12.1 Å². The predicted octanol–water partition coefficient (Wildman–Crippen LogP) is 4.50. The van der Waals surface area contributed by atoms with E-state index in [1.54, 1.807) is 30.3 Å². The fraction of sp³-hybridized carbons (Fsp3) is 0.278. The Hall–Kier alpha value is -2.14. The maximum Gasteiger partial charge on any atom is 0.421 e. The van der Waals surface area contributed by atoms with E-state index in [-0.39, 0.29) is 5.56 Å². The zero-order valence-corrected chi connectivity index (χ0v) is 12.8. The summed E-state index contributed by atoms with van der Waals surface area (Å²) in [5.41, 5.74) is -0.0127. The van der Waals surface area contributed by atoms with E-state index < -0.39 is 11.8 Å². The highest BCUT2D eigenvalue weighted by Crippen LogP contribution is 2.39. The molecule has 0 bridgehead atoms. The van der Waals surface area contributed by atoms with Crippen LogP contribution in [0.3, 0.4) is 0 Å². The van der Waals surface area contributed by atoms with Crippen LogP contribution >= 0.6 is 0 Å². The molecular weight excluding hydrogens is 305 g/mol. The summed E-state index contributed by atoms with van der Waals surface area (Å²) in [4.78, 5) is 10.8. The number of hydrogen-bond donors (Lipinski definition) is 1. The molecule has 2 nitrogen and oxygen atoms in total. The van der Waals surface area contributed by atoms with Crippen LogP contribution in [-0.2, 0) is 12.0 Å². The summed E-state index contributed by atoms with van der Waals surface area (Å²) in [7, 11) is 0. The van der Waals surface area contributed by atoms with Crippen molar-refractivity contribution in [2.45, 2.75) is 32.0 Å². The lowest BCUT2D eigenvalue weighted by Gasteiger charge is -2.26. The molecule has 2 rings (SSSR count). The van der Waals surface area contributed by atoms with Gasteiger partial charge in [0.15, 0.2) is 5.60 Å². The van der Waals surface area contributed by atoms with Gasteiger partial charge in [0.05, 0.1) is 0 Å². The number of rotatable bonds is 4. The van der Waals surface area contributed by atoms with Gasteiger partial charge in [-0.25, -0.2) is 0 Å². The second kappa shape index (κ2) is 6.16. The molecule has 23 heavy (non-hydrogen) atoms. The summed E-state index contributed by atoms with van der Waals surface area (Å²) in [6.45, 7) is 2.68. The molecule has 0 aromatic heterocycles. The van der Waals surface area contributed by atoms with Crippen molar-refractivity contribution >= 4 is 6.29 Å². The maximum absolute atomic E-state index is 12.9. The van der Waals surface area contributed by atoms with Gasteiger partial charge in [-0.05, 0) is 41.7 Å². The molecular formula is C18H17F3O2. The van der Waals surface area contributed by atoms with Gasteiger partial charge < -0.3 is 5.11 Å². The van der Waals surface area contributed by atoms with Crippen LogP contribution in [0.5, 0.6) is 0 Å². The number of aryl methyl sites for hydroxylation is 1. The average molecular weight is 322 g/mol. The van der Waals surface area contributed by atoms with Crippen LogP contribution in [0.4, 0.5) is 13.2 Å². The molecule has 0 spiro atoms. The predicted molar refractivity (Wildman–Crippen MR) is 82.3 cm³/mol. The minimum atomic E-state index is -4.74. The molecule has 0 radical (unpaired) electrons. The Labute approximate surface area is 132 Å². The van der Waals surface area contributed by atoms with Gasteiger partial charge in [-0.15, -0.1) is 0 Å². The molecule has 0 fully saturated rings. The van der Waals surface area contributed by atoms with Crippen LogP contribution < -0.4 is 0 Å². The third-order valence-corrected chi connectivity index (χ3v) is 3.96. The van der Waals surface area contributed by atoms with Crippen molar-refractivity contribution < 1.29 is 23.1 Å². The van der Waals surface area contributed by atoms with Crippen molar-refractivity contribution in [3.8, 4) is 11.1 Å². The number of aliphatic hydroxyl groups is 1. The second-order valence-electron chi connectivity index (χ2n) is 5.54. The summed E-state index contributed by atoms with van der Waals surface area (Å²) in [6.07, 6.45) is -3.29.